The molecule has 12 rings (SSSR count). The molecule has 3 aliphatic heterocycles. The minimum absolute atomic E-state index is 0.0304. The number of carbonyl (C=O) groups excluding carboxylic acids is 1. The van der Waals surface area contributed by atoms with Gasteiger partial charge in [-0.2, -0.15) is 28.4 Å². The van der Waals surface area contributed by atoms with Crippen LogP contribution in [0.5, 0.6) is 23.0 Å². The van der Waals surface area contributed by atoms with E-state index in [0.29, 0.717) is 131 Å². The van der Waals surface area contributed by atoms with Gasteiger partial charge in [-0.15, -0.1) is 0 Å². The minimum atomic E-state index is -4.02. The first kappa shape index (κ1) is 66.2. The van der Waals surface area contributed by atoms with Gasteiger partial charge in [0.25, 0.3) is 33.5 Å². The number of fused-ring (bicyclic) bond motifs is 4. The third kappa shape index (κ3) is 19.4. The lowest BCUT2D eigenvalue weighted by Gasteiger charge is -2.20. The Morgan fingerprint density at radius 2 is 1.06 bits per heavy atom. The van der Waals surface area contributed by atoms with Crippen LogP contribution in [0.2, 0.25) is 5.35 Å². The van der Waals surface area contributed by atoms with Crippen LogP contribution in [0.4, 0.5) is 31.6 Å². The van der Waals surface area contributed by atoms with E-state index in [9.17, 15) is 42.4 Å². The zero-order chi connectivity index (χ0) is 64.0. The van der Waals surface area contributed by atoms with E-state index in [1.165, 1.54) is 24.3 Å². The lowest BCUT2D eigenvalue weighted by atomic mass is 10.2. The Labute approximate surface area is 513 Å². The van der Waals surface area contributed by atoms with Gasteiger partial charge in [-0.05, 0) is 119 Å². The Morgan fingerprint density at radius 3 is 1.45 bits per heavy atom. The Morgan fingerprint density at radius 1 is 0.652 bits per heavy atom. The summed E-state index contributed by atoms with van der Waals surface area (Å²) in [6, 6.07) is 27.3. The molecule has 3 fully saturated rings. The molecule has 3 atom stereocenters. The molecule has 0 radical (unpaired) electrons. The Kier molecular flexibility index (Phi) is 22.3. The van der Waals surface area contributed by atoms with Crippen molar-refractivity contribution < 1.29 is 84.0 Å². The molecular formula is C60H68ClF2N9O16S. The molecule has 3 aliphatic rings. The third-order valence-corrected chi connectivity index (χ3v) is 14.3. The lowest BCUT2D eigenvalue weighted by Crippen LogP contribution is -2.34. The maximum absolute atomic E-state index is 13.1. The number of ether oxygens (including phenoxy) is 3. The number of hydrogen-bond donors (Lipinski definition) is 8. The summed E-state index contributed by atoms with van der Waals surface area (Å²) in [4.78, 5) is 34.3. The van der Waals surface area contributed by atoms with Crippen molar-refractivity contribution in [1.82, 2.24) is 25.3 Å². The lowest BCUT2D eigenvalue weighted by molar-refractivity contribution is 0.0531. The number of hydrogen-bond acceptors (Lipinski definition) is 23. The van der Waals surface area contributed by atoms with Gasteiger partial charge in [-0.25, -0.2) is 13.6 Å². The summed E-state index contributed by atoms with van der Waals surface area (Å²) in [6.07, 6.45) is 1.37. The smallest absolute Gasteiger partial charge is 0.407 e. The number of aromatic nitrogens is 4. The van der Waals surface area contributed by atoms with Crippen LogP contribution >= 0.6 is 11.6 Å². The summed E-state index contributed by atoms with van der Waals surface area (Å²) in [6.45, 7) is 10.9. The highest BCUT2D eigenvalue weighted by atomic mass is 35.5. The molecule has 3 unspecified atom stereocenters. The van der Waals surface area contributed by atoms with Crippen molar-refractivity contribution in [2.75, 3.05) is 80.3 Å². The van der Waals surface area contributed by atoms with Gasteiger partial charge in [-0.3, -0.25) is 4.55 Å². The molecule has 0 saturated carbocycles. The molecule has 3 saturated heterocycles. The Bertz CT molecular complexity index is 4000. The van der Waals surface area contributed by atoms with Crippen molar-refractivity contribution in [3.8, 4) is 23.0 Å². The second-order valence-corrected chi connectivity index (χ2v) is 23.4. The number of rotatable bonds is 13. The number of carbonyl (C=O) groups is 1. The second kappa shape index (κ2) is 30.0. The number of nitrogens with one attached hydrogen (secondary N) is 1. The molecule has 1 amide bonds. The maximum atomic E-state index is 13.1. The van der Waals surface area contributed by atoms with Gasteiger partial charge in [0.15, 0.2) is 22.3 Å². The normalized spacial score (nSPS) is 16.9. The van der Waals surface area contributed by atoms with Crippen LogP contribution in [-0.4, -0.2) is 154 Å². The highest BCUT2D eigenvalue weighted by Gasteiger charge is 2.27. The highest BCUT2D eigenvalue weighted by Crippen LogP contribution is 2.31. The van der Waals surface area contributed by atoms with E-state index in [1.807, 2.05) is 21.6 Å². The first-order valence-electron chi connectivity index (χ1n) is 27.9. The van der Waals surface area contributed by atoms with Gasteiger partial charge in [0.05, 0.1) is 35.9 Å². The monoisotopic (exact) mass is 1280 g/mol. The summed E-state index contributed by atoms with van der Waals surface area (Å²) < 4.78 is 93.3. The number of anilines is 3. The fourth-order valence-corrected chi connectivity index (χ4v) is 9.38. The number of aliphatic hydroxyl groups excluding tert-OH is 3. The van der Waals surface area contributed by atoms with E-state index in [2.05, 4.69) is 25.3 Å². The van der Waals surface area contributed by atoms with E-state index in [1.54, 1.807) is 93.6 Å². The molecule has 89 heavy (non-hydrogen) atoms. The number of aryl methyl sites for hydroxylation is 1. The molecule has 0 aliphatic carbocycles. The van der Waals surface area contributed by atoms with E-state index in [4.69, 9.17) is 58.9 Å². The van der Waals surface area contributed by atoms with Crippen molar-refractivity contribution in [3.05, 3.63) is 132 Å². The number of alkyl carbamates (subject to hydrolysis) is 1. The van der Waals surface area contributed by atoms with Crippen LogP contribution < -0.4 is 35.2 Å². The zero-order valence-corrected chi connectivity index (χ0v) is 50.4. The summed E-state index contributed by atoms with van der Waals surface area (Å²) in [5.41, 5.74) is 11.3. The van der Waals surface area contributed by atoms with Crippen LogP contribution in [0.25, 0.3) is 44.4 Å². The molecule has 29 heteroatoms. The average molecular weight is 1280 g/mol. The maximum Gasteiger partial charge on any atom is 0.407 e. The predicted molar refractivity (Wildman–Crippen MR) is 327 cm³/mol. The molecule has 25 nitrogen and oxygen atoms in total. The van der Waals surface area contributed by atoms with Gasteiger partial charge >= 0.3 is 6.09 Å². The molecule has 0 spiro atoms. The summed E-state index contributed by atoms with van der Waals surface area (Å²) in [5, 5.41) is 49.6. The number of phenols is 2. The molecule has 7 heterocycles. The standard InChI is InChI=1S/C20H26FN3O5.C15H18FN3O3.C11H12N2O3.C7H4ClNO2.C7H8O3S/c1-20(2,3)29-19(26)22-10-13(9-21)12-27-15-4-5-16-17(8-15)28-18(23-16)24-7-6-14(25)11-24;16-6-10(7-17)9-21-12-1-2-13-14(5-12)22-15(18-13)19-4-3-11(20)8-19;14-7-1-2-9-10(5-7)16-11(12-9)13-4-3-8(15)6-13;8-7-9-5-2-1-4(10)3-6(5)11-7;1-6-2-4-7(5-3-6)11(8,9)10/h4-5,8-9,14,25H,6-7,10-12H2,1-3H3,(H,22,26);1-2,5-6,11,20H,3-4,7-9,17H2;1-2,5,8,14-15H,3-4,6H2;1-3,10H;2-5H,1H3,(H,8,9,10)/b13-9+;10-6+;;;. The molecule has 4 aromatic heterocycles. The Balaban J connectivity index is 0.000000151. The SMILES string of the molecule is CC(C)(C)OC(=O)NC/C(=C\F)COc1ccc2nc(N3CCC(O)C3)oc2c1.Cc1ccc(S(=O)(=O)O)cc1.NC/C(=C\F)COc1ccc2nc(N3CCC(O)C3)oc2c1.Oc1ccc2nc(Cl)oc2c1.Oc1ccc2nc(N3CCC(O)C3)oc2c1. The van der Waals surface area contributed by atoms with Gasteiger partial charge in [-0.1, -0.05) is 17.7 Å². The third-order valence-electron chi connectivity index (χ3n) is 13.3. The van der Waals surface area contributed by atoms with Crippen LogP contribution in [0.1, 0.15) is 45.6 Å². The number of nitrogens with two attached hydrogens (primary N) is 1. The van der Waals surface area contributed by atoms with E-state index in [-0.39, 0.29) is 71.9 Å². The second-order valence-electron chi connectivity index (χ2n) is 21.6. The van der Waals surface area contributed by atoms with Crippen molar-refractivity contribution in [1.29, 1.82) is 0 Å². The number of β-amino-alcohol motifs (C(OH)–C–C–N with tert-alkyl or cyclic N) is 3. The van der Waals surface area contributed by atoms with E-state index >= 15 is 0 Å². The minimum Gasteiger partial charge on any atom is -0.508 e. The fraction of sp³-hybridized carbons (Fsp3) is 0.350. The number of phenolic OH excluding ortho intramolecular Hbond substituents is 2. The van der Waals surface area contributed by atoms with Crippen molar-refractivity contribution >= 4 is 90.3 Å². The van der Waals surface area contributed by atoms with Crippen LogP contribution in [0.15, 0.2) is 143 Å². The number of benzene rings is 5. The van der Waals surface area contributed by atoms with Gasteiger partial charge in [0.2, 0.25) is 0 Å². The fourth-order valence-electron chi connectivity index (χ4n) is 8.72. The topological polar surface area (TPSA) is 352 Å². The van der Waals surface area contributed by atoms with Crippen LogP contribution in [-0.2, 0) is 14.9 Å². The van der Waals surface area contributed by atoms with Crippen molar-refractivity contribution in [3.63, 3.8) is 0 Å². The molecule has 9 aromatic rings. The zero-order valence-electron chi connectivity index (χ0n) is 48.8. The number of aromatic hydroxyl groups is 2. The largest absolute Gasteiger partial charge is 0.508 e. The number of amides is 1. The predicted octanol–water partition coefficient (Wildman–Crippen LogP) is 9.28. The summed E-state index contributed by atoms with van der Waals surface area (Å²) in [7, 11) is -4.02. The Hall–Kier alpha value is -8.77. The quantitative estimate of drug-likeness (QED) is 0.0498. The van der Waals surface area contributed by atoms with Gasteiger partial charge in [0, 0.05) is 87.8 Å². The van der Waals surface area contributed by atoms with Crippen LogP contribution in [0.3, 0.4) is 0 Å². The van der Waals surface area contributed by atoms with E-state index in [0.717, 1.165) is 25.1 Å². The molecule has 0 bridgehead atoms. The highest BCUT2D eigenvalue weighted by molar-refractivity contribution is 7.85. The van der Waals surface area contributed by atoms with Gasteiger partial charge in [0.1, 0.15) is 63.9 Å². The molecule has 9 N–H and O–H groups in total. The number of halogens is 3. The molecule has 476 valence electrons. The van der Waals surface area contributed by atoms with E-state index < -0.39 is 21.8 Å². The molecule has 5 aromatic carbocycles. The number of oxazole rings is 4. The van der Waals surface area contributed by atoms with Crippen LogP contribution in [0, 0.1) is 6.92 Å². The average Bonchev–Trinajstić information content (AvgIpc) is 2.85. The number of nitrogens with zero attached hydrogens (tertiary/aromatic N) is 7. The first-order chi connectivity index (χ1) is 42.4. The first-order valence-corrected chi connectivity index (χ1v) is 29.7. The van der Waals surface area contributed by atoms with Crippen molar-refractivity contribution in [2.24, 2.45) is 5.73 Å². The summed E-state index contributed by atoms with van der Waals surface area (Å²) in [5.74, 6) is 1.35. The number of aliphatic hydroxyl groups is 3. The van der Waals surface area contributed by atoms with Gasteiger partial charge < -0.3 is 83.2 Å². The molecular weight excluding hydrogens is 1210 g/mol. The van der Waals surface area contributed by atoms with Crippen molar-refractivity contribution in [2.45, 2.75) is 75.8 Å². The summed E-state index contributed by atoms with van der Waals surface area (Å²) >= 11 is 5.48.